The van der Waals surface area contributed by atoms with E-state index < -0.39 is 6.10 Å². The van der Waals surface area contributed by atoms with E-state index in [1.165, 1.54) is 0 Å². The normalized spacial score (nSPS) is 12.4. The van der Waals surface area contributed by atoms with E-state index in [1.54, 1.807) is 0 Å². The van der Waals surface area contributed by atoms with Gasteiger partial charge >= 0.3 is 0 Å². The first-order chi connectivity index (χ1) is 10.3. The highest BCUT2D eigenvalue weighted by Crippen LogP contribution is 2.29. The number of benzene rings is 2. The maximum atomic E-state index is 10.4. The van der Waals surface area contributed by atoms with E-state index in [0.29, 0.717) is 17.9 Å². The molecular formula is C19H24O3. The predicted octanol–water partition coefficient (Wildman–Crippen LogP) is 4.00. The van der Waals surface area contributed by atoms with Crippen molar-refractivity contribution in [3.63, 3.8) is 0 Å². The molecule has 0 aliphatic heterocycles. The number of aryl methyl sites for hydroxylation is 5. The van der Waals surface area contributed by atoms with Crippen molar-refractivity contribution < 1.29 is 15.3 Å². The van der Waals surface area contributed by atoms with E-state index in [9.17, 15) is 15.3 Å². The molecule has 1 atom stereocenters. The third-order valence-electron chi connectivity index (χ3n) is 4.16. The van der Waals surface area contributed by atoms with E-state index in [1.807, 2.05) is 52.0 Å². The molecule has 2 rings (SSSR count). The molecule has 0 saturated heterocycles. The van der Waals surface area contributed by atoms with Crippen LogP contribution in [0.15, 0.2) is 24.3 Å². The fourth-order valence-electron chi connectivity index (χ4n) is 2.84. The highest BCUT2D eigenvalue weighted by atomic mass is 16.3. The average molecular weight is 300 g/mol. The molecule has 2 aromatic rings. The number of phenolic OH excluding ortho intramolecular Hbond substituents is 2. The van der Waals surface area contributed by atoms with E-state index in [4.69, 9.17) is 0 Å². The Hall–Kier alpha value is -2.00. The Morgan fingerprint density at radius 2 is 1.18 bits per heavy atom. The second kappa shape index (κ2) is 6.41. The SMILES string of the molecule is Cc1cc(CCC(O)c2cc(C)c(O)c(C)c2)cc(C)c1O. The molecule has 0 aliphatic rings. The Labute approximate surface area is 131 Å². The first kappa shape index (κ1) is 16.4. The molecule has 3 heteroatoms. The van der Waals surface area contributed by atoms with Gasteiger partial charge in [0.25, 0.3) is 0 Å². The lowest BCUT2D eigenvalue weighted by molar-refractivity contribution is 0.167. The summed E-state index contributed by atoms with van der Waals surface area (Å²) in [6, 6.07) is 7.59. The van der Waals surface area contributed by atoms with Crippen LogP contribution in [-0.2, 0) is 6.42 Å². The summed E-state index contributed by atoms with van der Waals surface area (Å²) in [4.78, 5) is 0. The summed E-state index contributed by atoms with van der Waals surface area (Å²) in [6.07, 6.45) is 0.780. The Morgan fingerprint density at radius 3 is 1.64 bits per heavy atom. The molecule has 0 saturated carbocycles. The van der Waals surface area contributed by atoms with Crippen LogP contribution in [0.4, 0.5) is 0 Å². The van der Waals surface area contributed by atoms with Gasteiger partial charge in [-0.25, -0.2) is 0 Å². The fourth-order valence-corrected chi connectivity index (χ4v) is 2.84. The van der Waals surface area contributed by atoms with Crippen LogP contribution in [0.25, 0.3) is 0 Å². The fraction of sp³-hybridized carbons (Fsp3) is 0.368. The summed E-state index contributed by atoms with van der Waals surface area (Å²) in [5, 5.41) is 30.0. The Bertz CT molecular complexity index is 643. The van der Waals surface area contributed by atoms with Crippen molar-refractivity contribution in [2.24, 2.45) is 0 Å². The van der Waals surface area contributed by atoms with Gasteiger partial charge in [-0.2, -0.15) is 0 Å². The lowest BCUT2D eigenvalue weighted by atomic mass is 9.96. The minimum atomic E-state index is -0.563. The van der Waals surface area contributed by atoms with Crippen molar-refractivity contribution in [3.05, 3.63) is 57.6 Å². The van der Waals surface area contributed by atoms with Gasteiger partial charge in [-0.1, -0.05) is 12.1 Å². The summed E-state index contributed by atoms with van der Waals surface area (Å²) in [6.45, 7) is 7.44. The van der Waals surface area contributed by atoms with Gasteiger partial charge in [-0.15, -0.1) is 0 Å². The van der Waals surface area contributed by atoms with Crippen molar-refractivity contribution in [2.45, 2.75) is 46.6 Å². The summed E-state index contributed by atoms with van der Waals surface area (Å²) in [5.41, 5.74) is 5.23. The van der Waals surface area contributed by atoms with Crippen molar-refractivity contribution in [1.82, 2.24) is 0 Å². The van der Waals surface area contributed by atoms with Crippen molar-refractivity contribution in [2.75, 3.05) is 0 Å². The van der Waals surface area contributed by atoms with Gasteiger partial charge in [-0.05, 0) is 86.1 Å². The molecule has 0 fully saturated rings. The zero-order valence-corrected chi connectivity index (χ0v) is 13.6. The summed E-state index contributed by atoms with van der Waals surface area (Å²) in [7, 11) is 0. The number of rotatable bonds is 4. The zero-order valence-electron chi connectivity index (χ0n) is 13.6. The number of hydrogen-bond donors (Lipinski definition) is 3. The molecule has 0 spiro atoms. The third kappa shape index (κ3) is 3.42. The summed E-state index contributed by atoms with van der Waals surface area (Å²) >= 11 is 0. The molecule has 3 nitrogen and oxygen atoms in total. The van der Waals surface area contributed by atoms with Gasteiger partial charge in [-0.3, -0.25) is 0 Å². The first-order valence-corrected chi connectivity index (χ1v) is 7.57. The lowest BCUT2D eigenvalue weighted by Crippen LogP contribution is -2.01. The Morgan fingerprint density at radius 1 is 0.773 bits per heavy atom. The quantitative estimate of drug-likeness (QED) is 0.800. The van der Waals surface area contributed by atoms with Gasteiger partial charge in [0.05, 0.1) is 6.10 Å². The number of aliphatic hydroxyl groups excluding tert-OH is 1. The van der Waals surface area contributed by atoms with E-state index >= 15 is 0 Å². The zero-order chi connectivity index (χ0) is 16.4. The number of phenols is 2. The molecule has 2 aromatic carbocycles. The van der Waals surface area contributed by atoms with Gasteiger partial charge in [0, 0.05) is 0 Å². The largest absolute Gasteiger partial charge is 0.507 e. The molecule has 0 amide bonds. The molecule has 118 valence electrons. The van der Waals surface area contributed by atoms with Crippen molar-refractivity contribution in [1.29, 1.82) is 0 Å². The van der Waals surface area contributed by atoms with Crippen LogP contribution in [0.5, 0.6) is 11.5 Å². The Balaban J connectivity index is 2.12. The number of aromatic hydroxyl groups is 2. The van der Waals surface area contributed by atoms with Gasteiger partial charge < -0.3 is 15.3 Å². The molecular weight excluding hydrogens is 276 g/mol. The van der Waals surface area contributed by atoms with Crippen LogP contribution in [0.3, 0.4) is 0 Å². The minimum Gasteiger partial charge on any atom is -0.507 e. The van der Waals surface area contributed by atoms with Crippen LogP contribution >= 0.6 is 0 Å². The summed E-state index contributed by atoms with van der Waals surface area (Å²) < 4.78 is 0. The van der Waals surface area contributed by atoms with Crippen LogP contribution in [0.1, 0.15) is 45.9 Å². The average Bonchev–Trinajstić information content (AvgIpc) is 2.47. The van der Waals surface area contributed by atoms with Crippen molar-refractivity contribution >= 4 is 0 Å². The van der Waals surface area contributed by atoms with E-state index in [-0.39, 0.29) is 0 Å². The van der Waals surface area contributed by atoms with Gasteiger partial charge in [0.2, 0.25) is 0 Å². The molecule has 3 N–H and O–H groups in total. The number of aliphatic hydroxyl groups is 1. The topological polar surface area (TPSA) is 60.7 Å². The molecule has 1 unspecified atom stereocenters. The lowest BCUT2D eigenvalue weighted by Gasteiger charge is -2.15. The molecule has 0 radical (unpaired) electrons. The van der Waals surface area contributed by atoms with Crippen LogP contribution < -0.4 is 0 Å². The van der Waals surface area contributed by atoms with E-state index in [2.05, 4.69) is 0 Å². The number of hydrogen-bond acceptors (Lipinski definition) is 3. The smallest absolute Gasteiger partial charge is 0.121 e. The predicted molar refractivity (Wildman–Crippen MR) is 88.4 cm³/mol. The molecule has 0 heterocycles. The second-order valence-electron chi connectivity index (χ2n) is 6.14. The van der Waals surface area contributed by atoms with Crippen LogP contribution in [-0.4, -0.2) is 15.3 Å². The second-order valence-corrected chi connectivity index (χ2v) is 6.14. The monoisotopic (exact) mass is 300 g/mol. The summed E-state index contributed by atoms with van der Waals surface area (Å²) in [5.74, 6) is 0.634. The third-order valence-corrected chi connectivity index (χ3v) is 4.16. The minimum absolute atomic E-state index is 0.292. The van der Waals surface area contributed by atoms with E-state index in [0.717, 1.165) is 39.8 Å². The van der Waals surface area contributed by atoms with Gasteiger partial charge in [0.1, 0.15) is 11.5 Å². The molecule has 22 heavy (non-hydrogen) atoms. The van der Waals surface area contributed by atoms with Crippen LogP contribution in [0.2, 0.25) is 0 Å². The maximum absolute atomic E-state index is 10.4. The first-order valence-electron chi connectivity index (χ1n) is 7.57. The highest BCUT2D eigenvalue weighted by Gasteiger charge is 2.12. The molecule has 0 aliphatic carbocycles. The molecule has 0 bridgehead atoms. The van der Waals surface area contributed by atoms with Crippen LogP contribution in [0, 0.1) is 27.7 Å². The Kier molecular flexibility index (Phi) is 4.77. The standard InChI is InChI=1S/C19H24O3/c1-11-7-15(8-12(2)18(11)21)5-6-17(20)16-9-13(3)19(22)14(4)10-16/h7-10,17,20-22H,5-6H2,1-4H3. The highest BCUT2D eigenvalue weighted by molar-refractivity contribution is 5.43. The van der Waals surface area contributed by atoms with Crippen molar-refractivity contribution in [3.8, 4) is 11.5 Å². The molecule has 0 aromatic heterocycles. The maximum Gasteiger partial charge on any atom is 0.121 e. The van der Waals surface area contributed by atoms with Gasteiger partial charge in [0.15, 0.2) is 0 Å².